The number of nitrogens with one attached hydrogen (secondary N) is 1. The molecule has 0 aromatic rings. The minimum absolute atomic E-state index is 0.377. The van der Waals surface area contributed by atoms with E-state index in [1.165, 1.54) is 38.8 Å². The van der Waals surface area contributed by atoms with E-state index >= 15 is 0 Å². The lowest BCUT2D eigenvalue weighted by atomic mass is 9.85. The first kappa shape index (κ1) is 15.0. The molecule has 2 nitrogen and oxygen atoms in total. The van der Waals surface area contributed by atoms with Crippen molar-refractivity contribution in [2.75, 3.05) is 19.6 Å². The number of unbranched alkanes of at least 4 members (excludes halogenated alkanes) is 2. The fraction of sp³-hybridized carbons (Fsp3) is 1.00. The lowest BCUT2D eigenvalue weighted by Gasteiger charge is -2.43. The molecule has 1 N–H and O–H groups in total. The second-order valence-electron chi connectivity index (χ2n) is 6.71. The molecule has 0 aromatic heterocycles. The molecule has 17 heavy (non-hydrogen) atoms. The number of piperazine rings is 1. The minimum atomic E-state index is 0.377. The molecule has 1 fully saturated rings. The first-order valence-electron chi connectivity index (χ1n) is 7.42. The third kappa shape index (κ3) is 4.97. The van der Waals surface area contributed by atoms with Crippen LogP contribution in [0.25, 0.3) is 0 Å². The number of rotatable bonds is 5. The molecular weight excluding hydrogens is 208 g/mol. The first-order chi connectivity index (χ1) is 7.95. The molecule has 102 valence electrons. The van der Waals surface area contributed by atoms with Gasteiger partial charge in [-0.2, -0.15) is 0 Å². The van der Waals surface area contributed by atoms with Crippen molar-refractivity contribution in [3.63, 3.8) is 0 Å². The Labute approximate surface area is 108 Å². The maximum atomic E-state index is 3.67. The van der Waals surface area contributed by atoms with Gasteiger partial charge in [-0.1, -0.05) is 47.0 Å². The van der Waals surface area contributed by atoms with Gasteiger partial charge in [0.15, 0.2) is 0 Å². The summed E-state index contributed by atoms with van der Waals surface area (Å²) in [6.45, 7) is 15.3. The zero-order chi connectivity index (χ0) is 12.9. The van der Waals surface area contributed by atoms with Crippen LogP contribution in [0, 0.1) is 5.41 Å². The summed E-state index contributed by atoms with van der Waals surface area (Å²) in [5, 5.41) is 3.67. The molecule has 0 aromatic carbocycles. The average molecular weight is 240 g/mol. The molecule has 0 aliphatic carbocycles. The van der Waals surface area contributed by atoms with Crippen molar-refractivity contribution in [2.45, 2.75) is 72.4 Å². The van der Waals surface area contributed by atoms with E-state index in [0.29, 0.717) is 11.5 Å². The van der Waals surface area contributed by atoms with Gasteiger partial charge in [0.1, 0.15) is 0 Å². The lowest BCUT2D eigenvalue weighted by molar-refractivity contribution is 0.0994. The molecule has 0 bridgehead atoms. The number of hydrogen-bond acceptors (Lipinski definition) is 2. The van der Waals surface area contributed by atoms with Gasteiger partial charge in [0.2, 0.25) is 0 Å². The van der Waals surface area contributed by atoms with Crippen LogP contribution < -0.4 is 5.32 Å². The third-order valence-electron chi connectivity index (χ3n) is 4.10. The summed E-state index contributed by atoms with van der Waals surface area (Å²) in [6, 6.07) is 1.40. The molecule has 0 saturated carbocycles. The van der Waals surface area contributed by atoms with Gasteiger partial charge in [-0.3, -0.25) is 4.90 Å². The van der Waals surface area contributed by atoms with Gasteiger partial charge >= 0.3 is 0 Å². The fourth-order valence-electron chi connectivity index (χ4n) is 2.63. The molecule has 0 spiro atoms. The highest BCUT2D eigenvalue weighted by Gasteiger charge is 2.30. The zero-order valence-electron chi connectivity index (χ0n) is 12.6. The Kier molecular flexibility index (Phi) is 5.94. The Hall–Kier alpha value is -0.0800. The maximum absolute atomic E-state index is 3.67. The molecular formula is C15H32N2. The predicted octanol–water partition coefficient (Wildman–Crippen LogP) is 3.28. The van der Waals surface area contributed by atoms with Crippen molar-refractivity contribution in [1.82, 2.24) is 10.2 Å². The van der Waals surface area contributed by atoms with Gasteiger partial charge < -0.3 is 5.32 Å². The van der Waals surface area contributed by atoms with Crippen LogP contribution in [0.2, 0.25) is 0 Å². The Morgan fingerprint density at radius 3 is 2.59 bits per heavy atom. The van der Waals surface area contributed by atoms with Gasteiger partial charge in [-0.25, -0.2) is 0 Å². The Morgan fingerprint density at radius 1 is 1.29 bits per heavy atom. The van der Waals surface area contributed by atoms with Gasteiger partial charge in [-0.05, 0) is 18.8 Å². The van der Waals surface area contributed by atoms with E-state index in [2.05, 4.69) is 44.8 Å². The second kappa shape index (κ2) is 6.75. The van der Waals surface area contributed by atoms with E-state index in [1.54, 1.807) is 0 Å². The Bertz CT molecular complexity index is 207. The van der Waals surface area contributed by atoms with Crippen molar-refractivity contribution in [2.24, 2.45) is 5.41 Å². The summed E-state index contributed by atoms with van der Waals surface area (Å²) in [6.07, 6.45) is 5.48. The topological polar surface area (TPSA) is 15.3 Å². The van der Waals surface area contributed by atoms with E-state index in [-0.39, 0.29) is 0 Å². The van der Waals surface area contributed by atoms with E-state index < -0.39 is 0 Å². The number of nitrogens with zero attached hydrogens (tertiary/aromatic N) is 1. The molecule has 2 atom stereocenters. The molecule has 1 rings (SSSR count). The molecule has 0 radical (unpaired) electrons. The van der Waals surface area contributed by atoms with Crippen LogP contribution in [0.5, 0.6) is 0 Å². The summed E-state index contributed by atoms with van der Waals surface area (Å²) in [5.41, 5.74) is 0.377. The van der Waals surface area contributed by atoms with E-state index in [4.69, 9.17) is 0 Å². The van der Waals surface area contributed by atoms with Gasteiger partial charge in [-0.15, -0.1) is 0 Å². The highest BCUT2D eigenvalue weighted by Crippen LogP contribution is 2.23. The van der Waals surface area contributed by atoms with Crippen molar-refractivity contribution in [3.05, 3.63) is 0 Å². The van der Waals surface area contributed by atoms with E-state index in [1.807, 2.05) is 0 Å². The van der Waals surface area contributed by atoms with Crippen LogP contribution in [0.1, 0.15) is 60.3 Å². The molecule has 1 saturated heterocycles. The number of hydrogen-bond donors (Lipinski definition) is 1. The quantitative estimate of drug-likeness (QED) is 0.742. The van der Waals surface area contributed by atoms with Crippen LogP contribution in [0.4, 0.5) is 0 Å². The predicted molar refractivity (Wildman–Crippen MR) is 76.4 cm³/mol. The molecule has 2 unspecified atom stereocenters. The smallest absolute Gasteiger partial charge is 0.0244 e. The summed E-state index contributed by atoms with van der Waals surface area (Å²) in [5.74, 6) is 0. The SMILES string of the molecule is CCCCCC(C)N1CCNC(C(C)(C)C)C1. The van der Waals surface area contributed by atoms with Crippen LogP contribution in [-0.2, 0) is 0 Å². The summed E-state index contributed by atoms with van der Waals surface area (Å²) >= 11 is 0. The summed E-state index contributed by atoms with van der Waals surface area (Å²) in [7, 11) is 0. The Balaban J connectivity index is 2.38. The molecule has 2 heteroatoms. The summed E-state index contributed by atoms with van der Waals surface area (Å²) in [4.78, 5) is 2.68. The first-order valence-corrected chi connectivity index (χ1v) is 7.42. The lowest BCUT2D eigenvalue weighted by Crippen LogP contribution is -2.57. The van der Waals surface area contributed by atoms with Crippen LogP contribution in [0.3, 0.4) is 0 Å². The summed E-state index contributed by atoms with van der Waals surface area (Å²) < 4.78 is 0. The molecule has 0 amide bonds. The van der Waals surface area contributed by atoms with Gasteiger partial charge in [0.05, 0.1) is 0 Å². The van der Waals surface area contributed by atoms with Gasteiger partial charge in [0, 0.05) is 31.7 Å². The van der Waals surface area contributed by atoms with Crippen LogP contribution in [-0.4, -0.2) is 36.6 Å². The molecule has 1 heterocycles. The largest absolute Gasteiger partial charge is 0.311 e. The fourth-order valence-corrected chi connectivity index (χ4v) is 2.63. The van der Waals surface area contributed by atoms with Crippen molar-refractivity contribution < 1.29 is 0 Å². The van der Waals surface area contributed by atoms with Gasteiger partial charge in [0.25, 0.3) is 0 Å². The third-order valence-corrected chi connectivity index (χ3v) is 4.10. The van der Waals surface area contributed by atoms with Crippen molar-refractivity contribution in [3.8, 4) is 0 Å². The van der Waals surface area contributed by atoms with Crippen molar-refractivity contribution >= 4 is 0 Å². The monoisotopic (exact) mass is 240 g/mol. The zero-order valence-corrected chi connectivity index (χ0v) is 12.6. The van der Waals surface area contributed by atoms with Crippen molar-refractivity contribution in [1.29, 1.82) is 0 Å². The minimum Gasteiger partial charge on any atom is -0.311 e. The molecule has 1 aliphatic heterocycles. The highest BCUT2D eigenvalue weighted by atomic mass is 15.2. The van der Waals surface area contributed by atoms with E-state index in [0.717, 1.165) is 12.6 Å². The van der Waals surface area contributed by atoms with Crippen LogP contribution >= 0.6 is 0 Å². The van der Waals surface area contributed by atoms with Crippen LogP contribution in [0.15, 0.2) is 0 Å². The average Bonchev–Trinajstić information content (AvgIpc) is 2.28. The normalized spacial score (nSPS) is 24.9. The van der Waals surface area contributed by atoms with E-state index in [9.17, 15) is 0 Å². The standard InChI is InChI=1S/C15H32N2/c1-6-7-8-9-13(2)17-11-10-16-14(12-17)15(3,4)5/h13-14,16H,6-12H2,1-5H3. The molecule has 1 aliphatic rings. The maximum Gasteiger partial charge on any atom is 0.0244 e. The highest BCUT2D eigenvalue weighted by molar-refractivity contribution is 4.88. The second-order valence-corrected chi connectivity index (χ2v) is 6.71. The Morgan fingerprint density at radius 2 is 2.00 bits per heavy atom.